The predicted octanol–water partition coefficient (Wildman–Crippen LogP) is 4.67. The molecule has 2 rings (SSSR count). The summed E-state index contributed by atoms with van der Waals surface area (Å²) in [6.07, 6.45) is 4.39. The van der Waals surface area contributed by atoms with Crippen molar-refractivity contribution >= 4 is 59.1 Å². The summed E-state index contributed by atoms with van der Waals surface area (Å²) < 4.78 is 3.15. The van der Waals surface area contributed by atoms with Gasteiger partial charge in [-0.3, -0.25) is 4.98 Å². The van der Waals surface area contributed by atoms with E-state index < -0.39 is 0 Å². The maximum atomic E-state index is 6.20. The van der Waals surface area contributed by atoms with Crippen LogP contribution in [0.4, 0.5) is 0 Å². The van der Waals surface area contributed by atoms with Crippen molar-refractivity contribution in [3.8, 4) is 0 Å². The Balaban J connectivity index is 2.16. The molecule has 0 fully saturated rings. The summed E-state index contributed by atoms with van der Waals surface area (Å²) in [6.45, 7) is 0. The van der Waals surface area contributed by atoms with E-state index in [0.29, 0.717) is 0 Å². The van der Waals surface area contributed by atoms with Gasteiger partial charge in [0.2, 0.25) is 0 Å². The molecule has 1 unspecified atom stereocenters. The fraction of sp³-hybridized carbons (Fsp3) is 0.182. The molecule has 2 nitrogen and oxygen atoms in total. The molecular formula is C11H9Br3N2S. The van der Waals surface area contributed by atoms with Gasteiger partial charge in [0.05, 0.1) is 7.57 Å². The van der Waals surface area contributed by atoms with Gasteiger partial charge >= 0.3 is 0 Å². The van der Waals surface area contributed by atoms with Gasteiger partial charge in [-0.2, -0.15) is 0 Å². The Hall–Kier alpha value is 0.250. The molecule has 0 aromatic carbocycles. The monoisotopic (exact) mass is 438 g/mol. The summed E-state index contributed by atoms with van der Waals surface area (Å²) in [5.74, 6) is 0. The molecule has 0 aliphatic rings. The van der Waals surface area contributed by atoms with Crippen molar-refractivity contribution in [1.29, 1.82) is 0 Å². The number of pyridine rings is 1. The molecule has 0 radical (unpaired) electrons. The third-order valence-electron chi connectivity index (χ3n) is 2.30. The smallest absolute Gasteiger partial charge is 0.0758 e. The summed E-state index contributed by atoms with van der Waals surface area (Å²) in [5.41, 5.74) is 8.46. The van der Waals surface area contributed by atoms with Gasteiger partial charge in [0.15, 0.2) is 0 Å². The van der Waals surface area contributed by atoms with E-state index in [-0.39, 0.29) is 6.04 Å². The van der Waals surface area contributed by atoms with Crippen LogP contribution in [-0.2, 0) is 6.42 Å². The first kappa shape index (κ1) is 13.7. The van der Waals surface area contributed by atoms with Crippen LogP contribution in [0.1, 0.15) is 17.2 Å². The van der Waals surface area contributed by atoms with E-state index in [9.17, 15) is 0 Å². The van der Waals surface area contributed by atoms with Crippen LogP contribution in [0.5, 0.6) is 0 Å². The number of rotatable bonds is 3. The highest BCUT2D eigenvalue weighted by Gasteiger charge is 2.14. The van der Waals surface area contributed by atoms with Crippen molar-refractivity contribution < 1.29 is 0 Å². The first-order valence-electron chi connectivity index (χ1n) is 4.86. The van der Waals surface area contributed by atoms with E-state index in [2.05, 4.69) is 58.8 Å². The molecule has 0 amide bonds. The summed E-state index contributed by atoms with van der Waals surface area (Å²) in [4.78, 5) is 4.14. The topological polar surface area (TPSA) is 38.9 Å². The van der Waals surface area contributed by atoms with Gasteiger partial charge in [0, 0.05) is 22.9 Å². The molecule has 2 aromatic rings. The molecule has 0 saturated carbocycles. The van der Waals surface area contributed by atoms with Crippen molar-refractivity contribution in [2.45, 2.75) is 12.5 Å². The van der Waals surface area contributed by atoms with Gasteiger partial charge < -0.3 is 5.73 Å². The number of hydrogen-bond donors (Lipinski definition) is 1. The average Bonchev–Trinajstić information content (AvgIpc) is 2.58. The molecule has 17 heavy (non-hydrogen) atoms. The third kappa shape index (κ3) is 3.61. The van der Waals surface area contributed by atoms with E-state index in [0.717, 1.165) is 29.6 Å². The van der Waals surface area contributed by atoms with Crippen molar-refractivity contribution in [3.63, 3.8) is 0 Å². The molecule has 2 aromatic heterocycles. The van der Waals surface area contributed by atoms with Crippen LogP contribution in [0, 0.1) is 0 Å². The maximum Gasteiger partial charge on any atom is 0.0758 e. The van der Waals surface area contributed by atoms with Crippen LogP contribution in [0.25, 0.3) is 0 Å². The van der Waals surface area contributed by atoms with Gasteiger partial charge in [0.1, 0.15) is 0 Å². The lowest BCUT2D eigenvalue weighted by Gasteiger charge is -2.10. The number of hydrogen-bond acceptors (Lipinski definition) is 3. The van der Waals surface area contributed by atoms with E-state index in [1.807, 2.05) is 12.3 Å². The van der Waals surface area contributed by atoms with E-state index in [1.165, 1.54) is 0 Å². The zero-order chi connectivity index (χ0) is 12.4. The molecule has 0 aliphatic heterocycles. The summed E-state index contributed by atoms with van der Waals surface area (Å²) >= 11 is 12.0. The van der Waals surface area contributed by atoms with Crippen LogP contribution in [-0.4, -0.2) is 4.98 Å². The minimum atomic E-state index is -0.0250. The second-order valence-electron chi connectivity index (χ2n) is 3.60. The average molecular weight is 441 g/mol. The number of aromatic nitrogens is 1. The lowest BCUT2D eigenvalue weighted by Crippen LogP contribution is -2.13. The van der Waals surface area contributed by atoms with Gasteiger partial charge in [-0.05, 0) is 77.5 Å². The SMILES string of the molecule is NC(Cc1cncc(Br)c1)c1cc(Br)sc1Br. The molecule has 0 saturated heterocycles. The normalized spacial score (nSPS) is 12.7. The fourth-order valence-corrected chi connectivity index (χ4v) is 4.95. The zero-order valence-electron chi connectivity index (χ0n) is 8.66. The third-order valence-corrected chi connectivity index (χ3v) is 5.12. The Morgan fingerprint density at radius 3 is 2.59 bits per heavy atom. The number of nitrogens with zero attached hydrogens (tertiary/aromatic N) is 1. The molecular weight excluding hydrogens is 432 g/mol. The predicted molar refractivity (Wildman–Crippen MR) is 82.3 cm³/mol. The Morgan fingerprint density at radius 2 is 2.00 bits per heavy atom. The molecule has 6 heteroatoms. The van der Waals surface area contributed by atoms with Crippen LogP contribution in [0.15, 0.2) is 36.6 Å². The summed E-state index contributed by atoms with van der Waals surface area (Å²) in [7, 11) is 0. The van der Waals surface area contributed by atoms with Crippen LogP contribution in [0.3, 0.4) is 0 Å². The molecule has 90 valence electrons. The standard InChI is InChI=1S/C11H9Br3N2S/c12-7-1-6(4-16-5-7)2-9(15)8-3-10(13)17-11(8)14/h1,3-5,9H,2,15H2. The van der Waals surface area contributed by atoms with Crippen LogP contribution >= 0.6 is 59.1 Å². The minimum absolute atomic E-state index is 0.0250. The summed E-state index contributed by atoms with van der Waals surface area (Å²) in [6, 6.07) is 4.08. The Kier molecular flexibility index (Phi) is 4.77. The van der Waals surface area contributed by atoms with E-state index >= 15 is 0 Å². The minimum Gasteiger partial charge on any atom is -0.324 e. The first-order valence-corrected chi connectivity index (χ1v) is 8.05. The Labute approximate surface area is 129 Å². The highest BCUT2D eigenvalue weighted by atomic mass is 79.9. The lowest BCUT2D eigenvalue weighted by molar-refractivity contribution is 0.719. The molecule has 1 atom stereocenters. The highest BCUT2D eigenvalue weighted by Crippen LogP contribution is 2.35. The molecule has 2 heterocycles. The molecule has 0 aliphatic carbocycles. The van der Waals surface area contributed by atoms with Crippen molar-refractivity contribution in [1.82, 2.24) is 4.98 Å². The number of halogens is 3. The van der Waals surface area contributed by atoms with E-state index in [4.69, 9.17) is 5.73 Å². The van der Waals surface area contributed by atoms with Gasteiger partial charge in [-0.15, -0.1) is 11.3 Å². The van der Waals surface area contributed by atoms with Crippen LogP contribution in [0.2, 0.25) is 0 Å². The zero-order valence-corrected chi connectivity index (χ0v) is 14.2. The van der Waals surface area contributed by atoms with Crippen LogP contribution < -0.4 is 5.73 Å². The fourth-order valence-electron chi connectivity index (χ4n) is 1.54. The molecule has 0 spiro atoms. The highest BCUT2D eigenvalue weighted by molar-refractivity contribution is 9.12. The lowest BCUT2D eigenvalue weighted by atomic mass is 10.0. The van der Waals surface area contributed by atoms with Crippen molar-refractivity contribution in [2.24, 2.45) is 5.73 Å². The van der Waals surface area contributed by atoms with Crippen molar-refractivity contribution in [2.75, 3.05) is 0 Å². The molecule has 0 bridgehead atoms. The van der Waals surface area contributed by atoms with Gasteiger partial charge in [-0.1, -0.05) is 0 Å². The van der Waals surface area contributed by atoms with Gasteiger partial charge in [0.25, 0.3) is 0 Å². The second kappa shape index (κ2) is 5.93. The Bertz CT molecular complexity index is 527. The quantitative estimate of drug-likeness (QED) is 0.753. The first-order chi connectivity index (χ1) is 8.06. The largest absolute Gasteiger partial charge is 0.324 e. The van der Waals surface area contributed by atoms with Crippen molar-refractivity contribution in [3.05, 3.63) is 47.7 Å². The van der Waals surface area contributed by atoms with Gasteiger partial charge in [-0.25, -0.2) is 0 Å². The maximum absolute atomic E-state index is 6.20. The number of thiophene rings is 1. The second-order valence-corrected chi connectivity index (χ2v) is 8.27. The Morgan fingerprint density at radius 1 is 1.24 bits per heavy atom. The van der Waals surface area contributed by atoms with E-state index in [1.54, 1.807) is 17.5 Å². The summed E-state index contributed by atoms with van der Waals surface area (Å²) in [5, 5.41) is 0. The molecule has 2 N–H and O–H groups in total. The number of nitrogens with two attached hydrogens (primary N) is 1.